The average molecular weight is 308 g/mol. The van der Waals surface area contributed by atoms with Gasteiger partial charge in [0.1, 0.15) is 5.38 Å². The van der Waals surface area contributed by atoms with Gasteiger partial charge < -0.3 is 5.32 Å². The van der Waals surface area contributed by atoms with Crippen molar-refractivity contribution in [2.45, 2.75) is 58.4 Å². The first-order valence-electron chi connectivity index (χ1n) is 7.68. The fourth-order valence-electron chi connectivity index (χ4n) is 4.00. The van der Waals surface area contributed by atoms with Crippen LogP contribution in [0.25, 0.3) is 0 Å². The van der Waals surface area contributed by atoms with Crippen LogP contribution in [0.5, 0.6) is 0 Å². The number of carbonyl (C=O) groups is 1. The van der Waals surface area contributed by atoms with Gasteiger partial charge in [-0.3, -0.25) is 4.79 Å². The number of carbonyl (C=O) groups excluding carboxylic acids is 1. The van der Waals surface area contributed by atoms with Gasteiger partial charge in [-0.15, -0.1) is 11.6 Å². The summed E-state index contributed by atoms with van der Waals surface area (Å²) in [5.41, 5.74) is 1.37. The molecular weight excluding hydrogens is 282 g/mol. The van der Waals surface area contributed by atoms with E-state index in [2.05, 4.69) is 33.0 Å². The van der Waals surface area contributed by atoms with Crippen LogP contribution in [0.1, 0.15) is 57.9 Å². The standard InChI is InChI=1S/C18H26ClNO/c1-17(2)10-14(11-18(3,4)12-17)20-16(21)15(19)13-8-6-5-7-9-13/h5-9,14-15H,10-12H2,1-4H3,(H,20,21). The molecule has 2 rings (SSSR count). The lowest BCUT2D eigenvalue weighted by molar-refractivity contribution is -0.122. The molecule has 1 atom stereocenters. The lowest BCUT2D eigenvalue weighted by atomic mass is 9.63. The zero-order valence-electron chi connectivity index (χ0n) is 13.4. The highest BCUT2D eigenvalue weighted by atomic mass is 35.5. The summed E-state index contributed by atoms with van der Waals surface area (Å²) in [6, 6.07) is 9.74. The Bertz CT molecular complexity index is 479. The lowest BCUT2D eigenvalue weighted by Crippen LogP contribution is -2.46. The van der Waals surface area contributed by atoms with E-state index in [1.807, 2.05) is 30.3 Å². The molecule has 3 heteroatoms. The second-order valence-electron chi connectivity index (χ2n) is 7.89. The summed E-state index contributed by atoms with van der Waals surface area (Å²) in [6.07, 6.45) is 3.22. The molecule has 1 fully saturated rings. The normalized spacial score (nSPS) is 22.5. The Labute approximate surface area is 133 Å². The number of alkyl halides is 1. The predicted octanol–water partition coefficient (Wildman–Crippen LogP) is 4.69. The molecular formula is C18H26ClNO. The average Bonchev–Trinajstić information content (AvgIpc) is 2.35. The van der Waals surface area contributed by atoms with Crippen LogP contribution in [0.3, 0.4) is 0 Å². The summed E-state index contributed by atoms with van der Waals surface area (Å²) in [5.74, 6) is -0.0821. The molecule has 21 heavy (non-hydrogen) atoms. The van der Waals surface area contributed by atoms with Gasteiger partial charge in [-0.05, 0) is 35.7 Å². The Kier molecular flexibility index (Phi) is 4.67. The number of halogens is 1. The summed E-state index contributed by atoms with van der Waals surface area (Å²) in [6.45, 7) is 9.12. The van der Waals surface area contributed by atoms with E-state index in [0.717, 1.165) is 18.4 Å². The molecule has 0 heterocycles. The van der Waals surface area contributed by atoms with E-state index in [9.17, 15) is 4.79 Å². The van der Waals surface area contributed by atoms with Gasteiger partial charge >= 0.3 is 0 Å². The van der Waals surface area contributed by atoms with Gasteiger partial charge in [0.2, 0.25) is 5.91 Å². The van der Waals surface area contributed by atoms with Gasteiger partial charge in [-0.1, -0.05) is 58.0 Å². The smallest absolute Gasteiger partial charge is 0.242 e. The maximum absolute atomic E-state index is 12.4. The fourth-order valence-corrected chi connectivity index (χ4v) is 4.20. The minimum Gasteiger partial charge on any atom is -0.352 e. The highest BCUT2D eigenvalue weighted by molar-refractivity contribution is 6.30. The van der Waals surface area contributed by atoms with Crippen molar-refractivity contribution in [3.8, 4) is 0 Å². The molecule has 0 radical (unpaired) electrons. The molecule has 1 amide bonds. The number of nitrogens with one attached hydrogen (secondary N) is 1. The third-order valence-corrected chi connectivity index (χ3v) is 4.67. The second kappa shape index (κ2) is 6.00. The molecule has 1 unspecified atom stereocenters. The van der Waals surface area contributed by atoms with Crippen molar-refractivity contribution in [3.63, 3.8) is 0 Å². The fraction of sp³-hybridized carbons (Fsp3) is 0.611. The van der Waals surface area contributed by atoms with Crippen LogP contribution in [-0.4, -0.2) is 11.9 Å². The van der Waals surface area contributed by atoms with Crippen molar-refractivity contribution < 1.29 is 4.79 Å². The second-order valence-corrected chi connectivity index (χ2v) is 8.33. The van der Waals surface area contributed by atoms with Crippen LogP contribution in [-0.2, 0) is 4.79 Å². The van der Waals surface area contributed by atoms with E-state index in [1.54, 1.807) is 0 Å². The number of amides is 1. The molecule has 1 N–H and O–H groups in total. The summed E-state index contributed by atoms with van der Waals surface area (Å²) in [4.78, 5) is 12.4. The predicted molar refractivity (Wildman–Crippen MR) is 88.4 cm³/mol. The highest BCUT2D eigenvalue weighted by Gasteiger charge is 2.39. The van der Waals surface area contributed by atoms with Gasteiger partial charge in [0.15, 0.2) is 0 Å². The van der Waals surface area contributed by atoms with E-state index in [1.165, 1.54) is 6.42 Å². The largest absolute Gasteiger partial charge is 0.352 e. The van der Waals surface area contributed by atoms with Crippen LogP contribution in [0.15, 0.2) is 30.3 Å². The van der Waals surface area contributed by atoms with Crippen molar-refractivity contribution in [1.29, 1.82) is 0 Å². The molecule has 2 nitrogen and oxygen atoms in total. The van der Waals surface area contributed by atoms with E-state index < -0.39 is 5.38 Å². The zero-order valence-corrected chi connectivity index (χ0v) is 14.2. The topological polar surface area (TPSA) is 29.1 Å². The summed E-state index contributed by atoms with van der Waals surface area (Å²) in [7, 11) is 0. The number of rotatable bonds is 3. The SMILES string of the molecule is CC1(C)CC(NC(=O)C(Cl)c2ccccc2)CC(C)(C)C1. The van der Waals surface area contributed by atoms with E-state index >= 15 is 0 Å². The lowest BCUT2D eigenvalue weighted by Gasteiger charge is -2.45. The van der Waals surface area contributed by atoms with Crippen LogP contribution in [0.2, 0.25) is 0 Å². The van der Waals surface area contributed by atoms with Gasteiger partial charge in [0, 0.05) is 6.04 Å². The zero-order chi connectivity index (χ0) is 15.7. The van der Waals surface area contributed by atoms with Crippen molar-refractivity contribution >= 4 is 17.5 Å². The molecule has 0 aromatic heterocycles. The number of hydrogen-bond acceptors (Lipinski definition) is 1. The minimum absolute atomic E-state index is 0.0821. The first-order chi connectivity index (χ1) is 9.69. The summed E-state index contributed by atoms with van der Waals surface area (Å²) >= 11 is 6.31. The van der Waals surface area contributed by atoms with Crippen LogP contribution in [0.4, 0.5) is 0 Å². The molecule has 116 valence electrons. The van der Waals surface area contributed by atoms with Gasteiger partial charge in [-0.25, -0.2) is 0 Å². The molecule has 1 aromatic carbocycles. The monoisotopic (exact) mass is 307 g/mol. The van der Waals surface area contributed by atoms with E-state index in [0.29, 0.717) is 0 Å². The Morgan fingerprint density at radius 2 is 1.67 bits per heavy atom. The summed E-state index contributed by atoms with van der Waals surface area (Å²) < 4.78 is 0. The first kappa shape index (κ1) is 16.4. The Morgan fingerprint density at radius 1 is 1.14 bits per heavy atom. The molecule has 1 aliphatic carbocycles. The van der Waals surface area contributed by atoms with E-state index in [4.69, 9.17) is 11.6 Å². The maximum Gasteiger partial charge on any atom is 0.242 e. The molecule has 0 saturated heterocycles. The van der Waals surface area contributed by atoms with Gasteiger partial charge in [-0.2, -0.15) is 0 Å². The van der Waals surface area contributed by atoms with Crippen molar-refractivity contribution in [3.05, 3.63) is 35.9 Å². The van der Waals surface area contributed by atoms with E-state index in [-0.39, 0.29) is 22.8 Å². The third-order valence-electron chi connectivity index (χ3n) is 4.22. The highest BCUT2D eigenvalue weighted by Crippen LogP contribution is 2.45. The third kappa shape index (κ3) is 4.47. The quantitative estimate of drug-likeness (QED) is 0.807. The molecule has 0 aliphatic heterocycles. The van der Waals surface area contributed by atoms with Gasteiger partial charge in [0.25, 0.3) is 0 Å². The molecule has 1 aromatic rings. The minimum atomic E-state index is -0.612. The molecule has 0 bridgehead atoms. The Hall–Kier alpha value is -1.02. The van der Waals surface area contributed by atoms with Crippen LogP contribution < -0.4 is 5.32 Å². The Morgan fingerprint density at radius 3 is 2.19 bits per heavy atom. The van der Waals surface area contributed by atoms with Gasteiger partial charge in [0.05, 0.1) is 0 Å². The molecule has 0 spiro atoms. The number of hydrogen-bond donors (Lipinski definition) is 1. The van der Waals surface area contributed by atoms with Crippen molar-refractivity contribution in [2.24, 2.45) is 10.8 Å². The Balaban J connectivity index is 2.02. The van der Waals surface area contributed by atoms with Crippen LogP contribution >= 0.6 is 11.6 Å². The molecule has 1 aliphatic rings. The van der Waals surface area contributed by atoms with Crippen LogP contribution in [0, 0.1) is 10.8 Å². The van der Waals surface area contributed by atoms with Crippen molar-refractivity contribution in [1.82, 2.24) is 5.32 Å². The molecule has 1 saturated carbocycles. The van der Waals surface area contributed by atoms with Crippen molar-refractivity contribution in [2.75, 3.05) is 0 Å². The number of benzene rings is 1. The maximum atomic E-state index is 12.4. The summed E-state index contributed by atoms with van der Waals surface area (Å²) in [5, 5.41) is 2.55. The first-order valence-corrected chi connectivity index (χ1v) is 8.12.